The van der Waals surface area contributed by atoms with Crippen molar-refractivity contribution in [1.82, 2.24) is 5.32 Å². The summed E-state index contributed by atoms with van der Waals surface area (Å²) in [6.07, 6.45) is 28.8. The second-order valence-corrected chi connectivity index (χ2v) is 25.0. The maximum Gasteiger partial charge on any atom is 0.220 e. The van der Waals surface area contributed by atoms with Crippen LogP contribution in [0, 0.1) is 0 Å². The molecule has 3 heterocycles. The molecule has 3 aliphatic rings. The average Bonchev–Trinajstić information content (AvgIpc) is 2.48. The van der Waals surface area contributed by atoms with Gasteiger partial charge in [0, 0.05) is 6.42 Å². The van der Waals surface area contributed by atoms with E-state index in [1.165, 1.54) is 193 Å². The van der Waals surface area contributed by atoms with Gasteiger partial charge in [0.2, 0.25) is 5.91 Å². The number of carbonyl (C=O) groups excluding carboxylic acids is 1. The van der Waals surface area contributed by atoms with Crippen LogP contribution < -0.4 is 5.32 Å². The van der Waals surface area contributed by atoms with Crippen molar-refractivity contribution in [3.63, 3.8) is 0 Å². The highest BCUT2D eigenvalue weighted by atomic mass is 16.8. The fraction of sp³-hybridized carbons (Fsp3) is 0.925. The van der Waals surface area contributed by atoms with Gasteiger partial charge in [-0.25, -0.2) is 0 Å². The molecule has 3 rings (SSSR count). The van der Waals surface area contributed by atoms with Gasteiger partial charge < -0.3 is 89.9 Å². The molecule has 3 saturated heterocycles. The summed E-state index contributed by atoms with van der Waals surface area (Å²) in [6, 6.07) is -0.986. The lowest BCUT2D eigenvalue weighted by Crippen LogP contribution is -2.66. The van der Waals surface area contributed by atoms with Crippen LogP contribution in [-0.4, -0.2) is 193 Å². The second-order valence-electron chi connectivity index (χ2n) is 25.0. The van der Waals surface area contributed by atoms with Gasteiger partial charge in [-0.05, 0) is 32.1 Å². The van der Waals surface area contributed by atoms with Crippen molar-refractivity contribution in [2.75, 3.05) is 26.4 Å². The summed E-state index contributed by atoms with van der Waals surface area (Å²) >= 11 is 0. The zero-order valence-corrected chi connectivity index (χ0v) is 53.3. The van der Waals surface area contributed by atoms with E-state index in [9.17, 15) is 61.0 Å². The normalized spacial score (nSPS) is 28.9. The summed E-state index contributed by atoms with van der Waals surface area (Å²) in [5.41, 5.74) is 0. The van der Waals surface area contributed by atoms with Crippen LogP contribution in [0.2, 0.25) is 0 Å². The Hall–Kier alpha value is -1.73. The first-order valence-electron chi connectivity index (χ1n) is 34.6. The number of hydrogen-bond donors (Lipinski definition) is 12. The molecule has 0 aromatic rings. The van der Waals surface area contributed by atoms with Gasteiger partial charge >= 0.3 is 0 Å². The van der Waals surface area contributed by atoms with E-state index in [2.05, 4.69) is 31.3 Å². The topological polar surface area (TPSA) is 307 Å². The number of unbranched alkanes of at least 4 members (excludes halogenated alkanes) is 35. The highest BCUT2D eigenvalue weighted by Gasteiger charge is 2.53. The van der Waals surface area contributed by atoms with Crippen molar-refractivity contribution in [2.24, 2.45) is 0 Å². The standard InChI is InChI=1S/C67H125NO18/c1-3-5-7-9-11-13-15-17-19-20-21-22-23-24-25-26-27-28-29-31-33-35-37-39-41-43-45-55(73)68-50(51(72)44-42-40-38-36-34-32-30-18-16-14-12-10-8-6-4-2)49-81-65-61(79)58(76)63(53(47-70)83-65)86-67-62(80)59(77)64(54(48-71)84-67)85-66-60(78)57(75)56(74)52(46-69)82-66/h34,36,42,44,50-54,56-67,69-72,74-80H,3-33,35,37-41,43,45-49H2,1-2H3,(H,68,73)/b36-34+,44-42+. The van der Waals surface area contributed by atoms with Crippen molar-refractivity contribution >= 4 is 5.91 Å². The van der Waals surface area contributed by atoms with E-state index in [0.717, 1.165) is 38.5 Å². The fourth-order valence-electron chi connectivity index (χ4n) is 11.9. The molecule has 0 aliphatic carbocycles. The lowest BCUT2D eigenvalue weighted by Gasteiger charge is -2.48. The molecule has 3 aliphatic heterocycles. The van der Waals surface area contributed by atoms with Gasteiger partial charge in [0.25, 0.3) is 0 Å². The summed E-state index contributed by atoms with van der Waals surface area (Å²) in [5, 5.41) is 120. The third-order valence-corrected chi connectivity index (χ3v) is 17.5. The number of allylic oxidation sites excluding steroid dienone is 3. The molecule has 0 saturated carbocycles. The Morgan fingerprint density at radius 1 is 0.407 bits per heavy atom. The third kappa shape index (κ3) is 32.0. The minimum atomic E-state index is -1.98. The SMILES string of the molecule is CCCCCCCCCCC/C=C/CC/C=C/C(O)C(COC1OC(CO)C(OC2OC(CO)C(OC3OC(CO)C(O)C(O)C3O)C(O)C2O)C(O)C1O)NC(=O)CCCCCCCCCCCCCCCCCCCCCCCCCCCC. The number of rotatable bonds is 53. The van der Waals surface area contributed by atoms with E-state index in [4.69, 9.17) is 28.4 Å². The first-order chi connectivity index (χ1) is 41.8. The van der Waals surface area contributed by atoms with E-state index in [1.54, 1.807) is 6.08 Å². The molecule has 12 N–H and O–H groups in total. The van der Waals surface area contributed by atoms with Gasteiger partial charge in [0.15, 0.2) is 18.9 Å². The maximum absolute atomic E-state index is 13.4. The first kappa shape index (κ1) is 78.5. The van der Waals surface area contributed by atoms with Crippen LogP contribution >= 0.6 is 0 Å². The van der Waals surface area contributed by atoms with E-state index >= 15 is 0 Å². The number of amides is 1. The number of nitrogens with one attached hydrogen (secondary N) is 1. The lowest BCUT2D eigenvalue weighted by molar-refractivity contribution is -0.379. The second kappa shape index (κ2) is 49.9. The molecule has 0 bridgehead atoms. The van der Waals surface area contributed by atoms with E-state index in [1.807, 2.05) is 6.08 Å². The average molecular weight is 1230 g/mol. The highest BCUT2D eigenvalue weighted by molar-refractivity contribution is 5.76. The zero-order chi connectivity index (χ0) is 62.6. The van der Waals surface area contributed by atoms with Crippen molar-refractivity contribution < 1.29 is 89.4 Å². The van der Waals surface area contributed by atoms with Gasteiger partial charge in [-0.15, -0.1) is 0 Å². The van der Waals surface area contributed by atoms with Gasteiger partial charge in [0.1, 0.15) is 73.2 Å². The van der Waals surface area contributed by atoms with Gasteiger partial charge in [-0.2, -0.15) is 0 Å². The van der Waals surface area contributed by atoms with Crippen molar-refractivity contribution in [3.05, 3.63) is 24.3 Å². The van der Waals surface area contributed by atoms with Crippen molar-refractivity contribution in [3.8, 4) is 0 Å². The summed E-state index contributed by atoms with van der Waals surface area (Å²) < 4.78 is 34.3. The summed E-state index contributed by atoms with van der Waals surface area (Å²) in [6.45, 7) is 1.73. The Balaban J connectivity index is 1.42. The quantitative estimate of drug-likeness (QED) is 0.0200. The van der Waals surface area contributed by atoms with E-state index in [-0.39, 0.29) is 18.9 Å². The van der Waals surface area contributed by atoms with Gasteiger partial charge in [-0.3, -0.25) is 4.79 Å². The Bertz CT molecular complexity index is 1660. The molecule has 0 aromatic carbocycles. The summed E-state index contributed by atoms with van der Waals surface area (Å²) in [5.74, 6) is -0.281. The summed E-state index contributed by atoms with van der Waals surface area (Å²) in [4.78, 5) is 13.4. The predicted molar refractivity (Wildman–Crippen MR) is 333 cm³/mol. The molecule has 506 valence electrons. The van der Waals surface area contributed by atoms with E-state index < -0.39 is 124 Å². The van der Waals surface area contributed by atoms with Crippen molar-refractivity contribution in [1.29, 1.82) is 0 Å². The number of ether oxygens (including phenoxy) is 6. The molecule has 17 unspecified atom stereocenters. The van der Waals surface area contributed by atoms with Gasteiger partial charge in [-0.1, -0.05) is 250 Å². The van der Waals surface area contributed by atoms with Crippen LogP contribution in [0.3, 0.4) is 0 Å². The largest absolute Gasteiger partial charge is 0.394 e. The van der Waals surface area contributed by atoms with Gasteiger partial charge in [0.05, 0.1) is 38.6 Å². The van der Waals surface area contributed by atoms with Crippen molar-refractivity contribution in [2.45, 2.75) is 369 Å². The van der Waals surface area contributed by atoms with E-state index in [0.29, 0.717) is 12.8 Å². The molecule has 19 nitrogen and oxygen atoms in total. The van der Waals surface area contributed by atoms with Crippen LogP contribution in [0.1, 0.15) is 264 Å². The molecule has 0 radical (unpaired) electrons. The Labute approximate surface area is 518 Å². The molecule has 86 heavy (non-hydrogen) atoms. The van der Waals surface area contributed by atoms with Crippen LogP contribution in [0.5, 0.6) is 0 Å². The zero-order valence-electron chi connectivity index (χ0n) is 53.3. The third-order valence-electron chi connectivity index (χ3n) is 17.5. The molecule has 0 spiro atoms. The Kier molecular flexibility index (Phi) is 45.6. The minimum absolute atomic E-state index is 0.241. The number of aliphatic hydroxyl groups excluding tert-OH is 11. The smallest absolute Gasteiger partial charge is 0.220 e. The Morgan fingerprint density at radius 3 is 1.16 bits per heavy atom. The predicted octanol–water partition coefficient (Wildman–Crippen LogP) is 8.66. The maximum atomic E-state index is 13.4. The van der Waals surface area contributed by atoms with Crippen LogP contribution in [0.15, 0.2) is 24.3 Å². The molecular weight excluding hydrogens is 1110 g/mol. The van der Waals surface area contributed by atoms with Crippen LogP contribution in [0.4, 0.5) is 0 Å². The number of hydrogen-bond acceptors (Lipinski definition) is 18. The molecular formula is C67H125NO18. The number of aliphatic hydroxyl groups is 11. The minimum Gasteiger partial charge on any atom is -0.394 e. The Morgan fingerprint density at radius 2 is 0.744 bits per heavy atom. The summed E-state index contributed by atoms with van der Waals surface area (Å²) in [7, 11) is 0. The molecule has 19 heteroatoms. The molecule has 17 atom stereocenters. The molecule has 0 aromatic heterocycles. The first-order valence-corrected chi connectivity index (χ1v) is 34.6. The fourth-order valence-corrected chi connectivity index (χ4v) is 11.9. The lowest BCUT2D eigenvalue weighted by atomic mass is 9.96. The highest BCUT2D eigenvalue weighted by Crippen LogP contribution is 2.33. The van der Waals surface area contributed by atoms with Crippen LogP contribution in [-0.2, 0) is 33.2 Å². The molecule has 3 fully saturated rings. The number of carbonyl (C=O) groups is 1. The monoisotopic (exact) mass is 1230 g/mol. The molecule has 1 amide bonds. The van der Waals surface area contributed by atoms with Crippen LogP contribution in [0.25, 0.3) is 0 Å².